The Morgan fingerprint density at radius 1 is 0.929 bits per heavy atom. The summed E-state index contributed by atoms with van der Waals surface area (Å²) in [6.45, 7) is 1.57. The standard InChI is InChI=1S/C13H13N3O9S3/c1-8-6-11(14)13(26(17,18)19)7-12(8)16-15-9-2-4-10(5-3-9)27(20,21)25-28(22,23)24/h2-7H,14H2,1H3,(H,17,18,19)(H,22,23,24). The first-order valence-electron chi connectivity index (χ1n) is 7.02. The van der Waals surface area contributed by atoms with E-state index >= 15 is 0 Å². The number of hydrogen-bond donors (Lipinski definition) is 3. The second kappa shape index (κ2) is 7.53. The first-order chi connectivity index (χ1) is 12.7. The largest absolute Gasteiger partial charge is 0.412 e. The third-order valence-corrected chi connectivity index (χ3v) is 6.34. The zero-order chi connectivity index (χ0) is 21.3. The molecule has 4 N–H and O–H groups in total. The highest BCUT2D eigenvalue weighted by atomic mass is 32.3. The highest BCUT2D eigenvalue weighted by molar-refractivity contribution is 7.97. The number of aryl methyl sites for hydroxylation is 1. The van der Waals surface area contributed by atoms with Gasteiger partial charge in [0, 0.05) is 0 Å². The van der Waals surface area contributed by atoms with Gasteiger partial charge in [-0.25, -0.2) is 0 Å². The summed E-state index contributed by atoms with van der Waals surface area (Å²) in [6, 6.07) is 6.50. The van der Waals surface area contributed by atoms with Crippen LogP contribution in [0, 0.1) is 6.92 Å². The normalized spacial score (nSPS) is 13.1. The molecule has 0 fully saturated rings. The zero-order valence-electron chi connectivity index (χ0n) is 13.9. The van der Waals surface area contributed by atoms with Crippen LogP contribution in [0.15, 0.2) is 56.4 Å². The van der Waals surface area contributed by atoms with Crippen LogP contribution in [0.3, 0.4) is 0 Å². The molecule has 0 atom stereocenters. The number of nitrogens with zero attached hydrogens (tertiary/aromatic N) is 2. The third kappa shape index (κ3) is 5.54. The Labute approximate surface area is 160 Å². The summed E-state index contributed by atoms with van der Waals surface area (Å²) in [4.78, 5) is -1.11. The van der Waals surface area contributed by atoms with Crippen molar-refractivity contribution in [1.29, 1.82) is 0 Å². The minimum atomic E-state index is -5.22. The van der Waals surface area contributed by atoms with Crippen LogP contribution in [0.25, 0.3) is 0 Å². The molecule has 152 valence electrons. The number of azo groups is 1. The molecule has 2 aromatic rings. The van der Waals surface area contributed by atoms with Crippen LogP contribution in [0.2, 0.25) is 0 Å². The van der Waals surface area contributed by atoms with Crippen molar-refractivity contribution in [1.82, 2.24) is 0 Å². The first kappa shape index (κ1) is 21.9. The molecule has 0 aliphatic heterocycles. The van der Waals surface area contributed by atoms with Gasteiger partial charge in [-0.15, -0.1) is 3.63 Å². The fraction of sp³-hybridized carbons (Fsp3) is 0.0769. The summed E-state index contributed by atoms with van der Waals surface area (Å²) in [5, 5.41) is 7.61. The molecule has 28 heavy (non-hydrogen) atoms. The minimum absolute atomic E-state index is 0.0771. The van der Waals surface area contributed by atoms with Crippen molar-refractivity contribution in [2.45, 2.75) is 16.7 Å². The molecule has 0 radical (unpaired) electrons. The van der Waals surface area contributed by atoms with Crippen LogP contribution in [-0.2, 0) is 34.3 Å². The van der Waals surface area contributed by atoms with E-state index in [1.807, 2.05) is 0 Å². The lowest BCUT2D eigenvalue weighted by molar-refractivity contribution is 0.383. The Bertz CT molecular complexity index is 1250. The van der Waals surface area contributed by atoms with Crippen LogP contribution in [-0.4, -0.2) is 34.4 Å². The lowest BCUT2D eigenvalue weighted by atomic mass is 10.2. The smallest absolute Gasteiger partial charge is 0.398 e. The van der Waals surface area contributed by atoms with E-state index in [9.17, 15) is 25.3 Å². The highest BCUT2D eigenvalue weighted by Gasteiger charge is 2.23. The Balaban J connectivity index is 2.34. The molecule has 12 nitrogen and oxygen atoms in total. The molecule has 0 heterocycles. The van der Waals surface area contributed by atoms with E-state index in [-0.39, 0.29) is 17.1 Å². The van der Waals surface area contributed by atoms with Gasteiger partial charge in [-0.05, 0) is 48.9 Å². The molecule has 2 rings (SSSR count). The number of hydrogen-bond acceptors (Lipinski definition) is 10. The highest BCUT2D eigenvalue weighted by Crippen LogP contribution is 2.30. The van der Waals surface area contributed by atoms with Gasteiger partial charge in [0.15, 0.2) is 0 Å². The van der Waals surface area contributed by atoms with E-state index in [2.05, 4.69) is 13.9 Å². The van der Waals surface area contributed by atoms with Gasteiger partial charge >= 0.3 is 20.5 Å². The topological polar surface area (TPSA) is 203 Å². The fourth-order valence-electron chi connectivity index (χ4n) is 1.97. The summed E-state index contributed by atoms with van der Waals surface area (Å²) >= 11 is 0. The van der Waals surface area contributed by atoms with Gasteiger partial charge in [0.2, 0.25) is 0 Å². The van der Waals surface area contributed by atoms with E-state index < -0.39 is 40.4 Å². The molecule has 0 aliphatic rings. The minimum Gasteiger partial charge on any atom is -0.398 e. The van der Waals surface area contributed by atoms with Crippen molar-refractivity contribution in [3.8, 4) is 0 Å². The quantitative estimate of drug-likeness (QED) is 0.329. The molecule has 15 heteroatoms. The van der Waals surface area contributed by atoms with Gasteiger partial charge in [0.1, 0.15) is 4.90 Å². The number of nitrogens with two attached hydrogens (primary N) is 1. The average molecular weight is 451 g/mol. The Morgan fingerprint density at radius 3 is 2.00 bits per heavy atom. The van der Waals surface area contributed by atoms with Crippen molar-refractivity contribution < 1.29 is 38.0 Å². The Morgan fingerprint density at radius 2 is 1.50 bits per heavy atom. The second-order valence-electron chi connectivity index (χ2n) is 5.30. The van der Waals surface area contributed by atoms with Gasteiger partial charge in [-0.1, -0.05) is 0 Å². The Hall–Kier alpha value is -2.43. The maximum atomic E-state index is 11.6. The van der Waals surface area contributed by atoms with Crippen LogP contribution in [0.5, 0.6) is 0 Å². The predicted molar refractivity (Wildman–Crippen MR) is 95.8 cm³/mol. The molecular formula is C13H13N3O9S3. The van der Waals surface area contributed by atoms with Gasteiger partial charge < -0.3 is 5.73 Å². The van der Waals surface area contributed by atoms with Crippen molar-refractivity contribution in [3.05, 3.63) is 42.0 Å². The first-order valence-corrected chi connectivity index (χ1v) is 11.2. The van der Waals surface area contributed by atoms with Crippen molar-refractivity contribution in [2.75, 3.05) is 5.73 Å². The molecule has 0 aliphatic carbocycles. The summed E-state index contributed by atoms with van der Waals surface area (Å²) in [5.74, 6) is 0. The van der Waals surface area contributed by atoms with Gasteiger partial charge in [-0.2, -0.15) is 35.5 Å². The second-order valence-corrected chi connectivity index (χ2v) is 9.46. The van der Waals surface area contributed by atoms with Gasteiger partial charge in [-0.3, -0.25) is 9.11 Å². The van der Waals surface area contributed by atoms with E-state index in [4.69, 9.17) is 14.8 Å². The number of benzene rings is 2. The van der Waals surface area contributed by atoms with Crippen molar-refractivity contribution in [2.24, 2.45) is 10.2 Å². The summed E-state index contributed by atoms with van der Waals surface area (Å²) in [7, 11) is -14.5. The van der Waals surface area contributed by atoms with Crippen molar-refractivity contribution >= 4 is 47.7 Å². The van der Waals surface area contributed by atoms with Crippen LogP contribution < -0.4 is 5.73 Å². The maximum absolute atomic E-state index is 11.6. The van der Waals surface area contributed by atoms with E-state index in [0.29, 0.717) is 5.56 Å². The third-order valence-electron chi connectivity index (χ3n) is 3.18. The van der Waals surface area contributed by atoms with E-state index in [0.717, 1.165) is 30.3 Å². The molecule has 2 aromatic carbocycles. The molecule has 0 amide bonds. The van der Waals surface area contributed by atoms with E-state index in [1.54, 1.807) is 6.92 Å². The predicted octanol–water partition coefficient (Wildman–Crippen LogP) is 1.75. The van der Waals surface area contributed by atoms with Gasteiger partial charge in [0.05, 0.1) is 22.0 Å². The van der Waals surface area contributed by atoms with Crippen LogP contribution >= 0.6 is 0 Å². The lowest BCUT2D eigenvalue weighted by Crippen LogP contribution is -2.12. The van der Waals surface area contributed by atoms with Gasteiger partial charge in [0.25, 0.3) is 10.1 Å². The molecular weight excluding hydrogens is 438 g/mol. The lowest BCUT2D eigenvalue weighted by Gasteiger charge is -2.06. The molecule has 0 spiro atoms. The van der Waals surface area contributed by atoms with Crippen molar-refractivity contribution in [3.63, 3.8) is 0 Å². The monoisotopic (exact) mass is 451 g/mol. The zero-order valence-corrected chi connectivity index (χ0v) is 16.4. The SMILES string of the molecule is Cc1cc(N)c(S(=O)(=O)O)cc1N=Nc1ccc(S(=O)(=O)OS(=O)(=O)O)cc1. The molecule has 0 aromatic heterocycles. The molecule has 0 saturated heterocycles. The molecule has 0 saturated carbocycles. The maximum Gasteiger partial charge on any atom is 0.412 e. The molecule has 0 unspecified atom stereocenters. The number of rotatable bonds is 6. The fourth-order valence-corrected chi connectivity index (χ4v) is 4.28. The summed E-state index contributed by atoms with van der Waals surface area (Å²) in [6.07, 6.45) is 0. The summed E-state index contributed by atoms with van der Waals surface area (Å²) < 4.78 is 88.2. The number of anilines is 1. The average Bonchev–Trinajstić information content (AvgIpc) is 2.51. The summed E-state index contributed by atoms with van der Waals surface area (Å²) in [5.41, 5.74) is 6.02. The van der Waals surface area contributed by atoms with E-state index in [1.165, 1.54) is 6.07 Å². The van der Waals surface area contributed by atoms with Crippen LogP contribution in [0.4, 0.5) is 17.1 Å². The Kier molecular flexibility index (Phi) is 5.88. The number of nitrogen functional groups attached to an aromatic ring is 1. The molecule has 0 bridgehead atoms. The van der Waals surface area contributed by atoms with Crippen LogP contribution in [0.1, 0.15) is 5.56 Å².